The van der Waals surface area contributed by atoms with Crippen LogP contribution in [0.2, 0.25) is 0 Å². The maximum atomic E-state index is 12.0. The zero-order valence-electron chi connectivity index (χ0n) is 30.6. The lowest BCUT2D eigenvalue weighted by Crippen LogP contribution is -2.07. The van der Waals surface area contributed by atoms with Gasteiger partial charge in [-0.1, -0.05) is 0 Å². The van der Waals surface area contributed by atoms with Crippen molar-refractivity contribution in [3.63, 3.8) is 0 Å². The number of imidazole rings is 4. The first-order valence-corrected chi connectivity index (χ1v) is 18.5. The first-order valence-electron chi connectivity index (χ1n) is 18.5. The Morgan fingerprint density at radius 3 is 0.696 bits per heavy atom. The number of phenolic OH excluding ortho intramolecular Hbond substituents is 4. The van der Waals surface area contributed by atoms with Crippen LogP contribution in [-0.4, -0.2) is 58.6 Å². The Morgan fingerprint density at radius 2 is 0.536 bits per heavy atom. The molecule has 12 nitrogen and oxygen atoms in total. The first-order chi connectivity index (χ1) is 27.3. The summed E-state index contributed by atoms with van der Waals surface area (Å²) in [6.07, 6.45) is 22.5. The first kappa shape index (κ1) is 34.7. The molecule has 0 aliphatic heterocycles. The number of aromatic hydroxyl groups is 4. The summed E-state index contributed by atoms with van der Waals surface area (Å²) in [7, 11) is 0. The minimum Gasteiger partial charge on any atom is -0.507 e. The van der Waals surface area contributed by atoms with Gasteiger partial charge in [0.2, 0.25) is 0 Å². The Balaban J connectivity index is 1.25. The van der Waals surface area contributed by atoms with Crippen molar-refractivity contribution < 1.29 is 20.4 Å². The van der Waals surface area contributed by atoms with E-state index in [4.69, 9.17) is 0 Å². The molecule has 1 aliphatic rings. The summed E-state index contributed by atoms with van der Waals surface area (Å²) in [6, 6.07) is 15.8. The SMILES string of the molecule is Oc1c2cc(Cn3ccnc3)cc1Cc1cc(Cn3ccnc3)cc(c1O)Cc1cc(Cn3ccnc3)cc(c1O)Cc1cc(Cn3ccnc3)cc(c1O)C2. The molecule has 280 valence electrons. The number of hydrogen-bond donors (Lipinski definition) is 4. The molecule has 0 saturated carbocycles. The molecule has 0 spiro atoms. The van der Waals surface area contributed by atoms with Gasteiger partial charge >= 0.3 is 0 Å². The second-order valence-electron chi connectivity index (χ2n) is 14.7. The van der Waals surface area contributed by atoms with Crippen LogP contribution in [0.25, 0.3) is 0 Å². The largest absolute Gasteiger partial charge is 0.507 e. The molecule has 8 aromatic rings. The molecular weight excluding hydrogens is 705 g/mol. The molecule has 0 amide bonds. The molecule has 0 fully saturated rings. The molecule has 4 aromatic heterocycles. The third-order valence-electron chi connectivity index (χ3n) is 10.5. The standard InChI is InChI=1S/C44H40N8O4/c53-41-33-9-29(21-49-5-1-45-25-49)10-34(41)18-36-12-31(23-51-7-3-47-27-51)14-38(43(36)55)20-40-16-32(24-52-8-4-48-28-52)15-39(44(40)56)19-37-13-30(11-35(17-33)42(37)54)22-50-6-2-46-26-50/h1-16,25-28,53-56H,17-24H2. The molecule has 0 radical (unpaired) electrons. The van der Waals surface area contributed by atoms with Gasteiger partial charge in [0.15, 0.2) is 0 Å². The van der Waals surface area contributed by atoms with Crippen molar-refractivity contribution in [3.8, 4) is 23.0 Å². The van der Waals surface area contributed by atoms with E-state index in [0.29, 0.717) is 70.7 Å². The zero-order valence-corrected chi connectivity index (χ0v) is 30.6. The van der Waals surface area contributed by atoms with Crippen LogP contribution in [0.15, 0.2) is 123 Å². The number of phenols is 4. The van der Waals surface area contributed by atoms with Gasteiger partial charge in [-0.3, -0.25) is 0 Å². The molecule has 0 saturated heterocycles. The van der Waals surface area contributed by atoms with E-state index in [1.165, 1.54) is 0 Å². The molecule has 0 atom stereocenters. The van der Waals surface area contributed by atoms with Crippen LogP contribution in [0.1, 0.15) is 66.8 Å². The van der Waals surface area contributed by atoms with Gasteiger partial charge in [-0.15, -0.1) is 0 Å². The van der Waals surface area contributed by atoms with Crippen LogP contribution in [-0.2, 0) is 51.9 Å². The van der Waals surface area contributed by atoms with Crippen LogP contribution in [0.5, 0.6) is 23.0 Å². The van der Waals surface area contributed by atoms with Crippen molar-refractivity contribution in [2.45, 2.75) is 51.9 Å². The molecule has 0 unspecified atom stereocenters. The summed E-state index contributed by atoms with van der Waals surface area (Å²) in [5.41, 5.74) is 8.95. The number of rotatable bonds is 8. The van der Waals surface area contributed by atoms with Gasteiger partial charge in [0.1, 0.15) is 23.0 Å². The van der Waals surface area contributed by atoms with Gasteiger partial charge in [0.25, 0.3) is 0 Å². The monoisotopic (exact) mass is 744 g/mol. The van der Waals surface area contributed by atoms with Gasteiger partial charge in [-0.2, -0.15) is 0 Å². The van der Waals surface area contributed by atoms with Gasteiger partial charge in [-0.05, 0) is 115 Å². The predicted molar refractivity (Wildman–Crippen MR) is 209 cm³/mol. The lowest BCUT2D eigenvalue weighted by molar-refractivity contribution is 0.450. The molecule has 9 rings (SSSR count). The van der Waals surface area contributed by atoms with E-state index < -0.39 is 0 Å². The quantitative estimate of drug-likeness (QED) is 0.144. The topological polar surface area (TPSA) is 152 Å². The predicted octanol–water partition coefficient (Wildman–Crippen LogP) is 6.16. The van der Waals surface area contributed by atoms with Crippen LogP contribution in [0, 0.1) is 0 Å². The summed E-state index contributed by atoms with van der Waals surface area (Å²) in [6.45, 7) is 2.08. The summed E-state index contributed by atoms with van der Waals surface area (Å²) in [4.78, 5) is 16.9. The van der Waals surface area contributed by atoms with Crippen molar-refractivity contribution in [3.05, 3.63) is 190 Å². The van der Waals surface area contributed by atoms with Crippen LogP contribution in [0.3, 0.4) is 0 Å². The Labute approximate surface area is 322 Å². The summed E-state index contributed by atoms with van der Waals surface area (Å²) in [5, 5.41) is 48.1. The molecule has 1 aliphatic carbocycles. The molecule has 4 heterocycles. The van der Waals surface area contributed by atoms with E-state index in [0.717, 1.165) is 22.3 Å². The van der Waals surface area contributed by atoms with Crippen molar-refractivity contribution >= 4 is 0 Å². The van der Waals surface area contributed by atoms with Crippen molar-refractivity contribution in [2.24, 2.45) is 0 Å². The Kier molecular flexibility index (Phi) is 9.06. The zero-order chi connectivity index (χ0) is 38.2. The van der Waals surface area contributed by atoms with Crippen molar-refractivity contribution in [2.75, 3.05) is 0 Å². The fourth-order valence-electron chi connectivity index (χ4n) is 7.96. The van der Waals surface area contributed by atoms with Gasteiger partial charge in [0.05, 0.1) is 25.3 Å². The van der Waals surface area contributed by atoms with Crippen LogP contribution >= 0.6 is 0 Å². The van der Waals surface area contributed by atoms with E-state index in [1.54, 1.807) is 50.1 Å². The van der Waals surface area contributed by atoms with E-state index in [-0.39, 0.29) is 48.7 Å². The highest BCUT2D eigenvalue weighted by Crippen LogP contribution is 2.39. The van der Waals surface area contributed by atoms with E-state index in [1.807, 2.05) is 91.6 Å². The number of fused-ring (bicyclic) bond motifs is 8. The highest BCUT2D eigenvalue weighted by Gasteiger charge is 2.22. The lowest BCUT2D eigenvalue weighted by atomic mass is 9.88. The molecule has 4 N–H and O–H groups in total. The van der Waals surface area contributed by atoms with E-state index >= 15 is 0 Å². The number of benzene rings is 4. The van der Waals surface area contributed by atoms with Gasteiger partial charge < -0.3 is 38.7 Å². The third kappa shape index (κ3) is 7.24. The highest BCUT2D eigenvalue weighted by molar-refractivity contribution is 5.57. The third-order valence-corrected chi connectivity index (χ3v) is 10.5. The highest BCUT2D eigenvalue weighted by atomic mass is 16.3. The fraction of sp³-hybridized carbons (Fsp3) is 0.182. The second kappa shape index (κ2) is 14.6. The normalized spacial score (nSPS) is 12.6. The van der Waals surface area contributed by atoms with Crippen LogP contribution < -0.4 is 0 Å². The fourth-order valence-corrected chi connectivity index (χ4v) is 7.96. The Bertz CT molecular complexity index is 2170. The van der Waals surface area contributed by atoms with Crippen molar-refractivity contribution in [1.82, 2.24) is 38.2 Å². The van der Waals surface area contributed by atoms with Crippen molar-refractivity contribution in [1.29, 1.82) is 0 Å². The minimum atomic E-state index is 0.111. The Morgan fingerprint density at radius 1 is 0.339 bits per heavy atom. The smallest absolute Gasteiger partial charge is 0.122 e. The maximum Gasteiger partial charge on any atom is 0.122 e. The molecule has 8 bridgehead atoms. The average molecular weight is 745 g/mol. The minimum absolute atomic E-state index is 0.111. The molecule has 56 heavy (non-hydrogen) atoms. The average Bonchev–Trinajstić information content (AvgIpc) is 4.03. The van der Waals surface area contributed by atoms with Crippen LogP contribution in [0.4, 0.5) is 0 Å². The van der Waals surface area contributed by atoms with E-state index in [9.17, 15) is 20.4 Å². The Hall–Kier alpha value is -7.08. The van der Waals surface area contributed by atoms with Gasteiger partial charge in [-0.25, -0.2) is 19.9 Å². The number of nitrogens with zero attached hydrogens (tertiary/aromatic N) is 8. The maximum absolute atomic E-state index is 12.0. The summed E-state index contributed by atoms with van der Waals surface area (Å²) < 4.78 is 7.87. The van der Waals surface area contributed by atoms with E-state index in [2.05, 4.69) is 19.9 Å². The number of hydrogen-bond acceptors (Lipinski definition) is 8. The summed E-state index contributed by atoms with van der Waals surface area (Å²) >= 11 is 0. The number of aromatic nitrogens is 8. The van der Waals surface area contributed by atoms with Gasteiger partial charge in [0, 0.05) is 101 Å². The molecule has 12 heteroatoms. The lowest BCUT2D eigenvalue weighted by Gasteiger charge is -2.20. The molecular formula is C44H40N8O4. The summed E-state index contributed by atoms with van der Waals surface area (Å²) in [5.74, 6) is 0.446. The second-order valence-corrected chi connectivity index (χ2v) is 14.7. The molecule has 4 aromatic carbocycles.